The second-order valence-corrected chi connectivity index (χ2v) is 13.6. The average molecular weight is 470 g/mol. The zero-order chi connectivity index (χ0) is 21.5. The SMILES string of the molecule is CCCCCCCCCCCCO[Si](Cl)(Cl)OCCCCCCCCCCCC. The largest absolute Gasteiger partial charge is 0.551 e. The normalized spacial score (nSPS) is 12.0. The molecule has 0 atom stereocenters. The second-order valence-electron chi connectivity index (χ2n) is 8.52. The van der Waals surface area contributed by atoms with Crippen LogP contribution in [0.3, 0.4) is 0 Å². The van der Waals surface area contributed by atoms with E-state index in [1.54, 1.807) is 0 Å². The number of unbranched alkanes of at least 4 members (excludes halogenated alkanes) is 18. The first-order chi connectivity index (χ1) is 14.1. The van der Waals surface area contributed by atoms with Gasteiger partial charge >= 0.3 is 7.18 Å². The lowest BCUT2D eigenvalue weighted by molar-refractivity contribution is 0.196. The van der Waals surface area contributed by atoms with Gasteiger partial charge in [0.25, 0.3) is 0 Å². The summed E-state index contributed by atoms with van der Waals surface area (Å²) in [5, 5.41) is 0. The molecule has 0 aromatic heterocycles. The quantitative estimate of drug-likeness (QED) is 0.0795. The van der Waals surface area contributed by atoms with Gasteiger partial charge in [0.15, 0.2) is 0 Å². The molecule has 0 radical (unpaired) electrons. The molecule has 0 aromatic rings. The molecule has 0 bridgehead atoms. The molecule has 0 aliphatic carbocycles. The first-order valence-corrected chi connectivity index (χ1v) is 16.6. The minimum Gasteiger partial charge on any atom is -0.372 e. The lowest BCUT2D eigenvalue weighted by Crippen LogP contribution is -2.30. The Morgan fingerprint density at radius 1 is 0.414 bits per heavy atom. The van der Waals surface area contributed by atoms with Crippen LogP contribution in [0.5, 0.6) is 0 Å². The van der Waals surface area contributed by atoms with E-state index in [-0.39, 0.29) is 0 Å². The zero-order valence-electron chi connectivity index (χ0n) is 19.6. The Labute approximate surface area is 193 Å². The van der Waals surface area contributed by atoms with E-state index < -0.39 is 7.18 Å². The maximum absolute atomic E-state index is 6.24. The van der Waals surface area contributed by atoms with Crippen LogP contribution in [0, 0.1) is 0 Å². The summed E-state index contributed by atoms with van der Waals surface area (Å²) >= 11 is 12.5. The van der Waals surface area contributed by atoms with Gasteiger partial charge in [-0.2, -0.15) is 0 Å². The second kappa shape index (κ2) is 23.4. The number of halogens is 2. The highest BCUT2D eigenvalue weighted by atomic mass is 35.7. The van der Waals surface area contributed by atoms with Gasteiger partial charge in [-0.1, -0.05) is 152 Å². The van der Waals surface area contributed by atoms with Crippen molar-refractivity contribution in [3.8, 4) is 0 Å². The lowest BCUT2D eigenvalue weighted by Gasteiger charge is -2.17. The Kier molecular flexibility index (Phi) is 24.0. The summed E-state index contributed by atoms with van der Waals surface area (Å²) < 4.78 is 11.3. The van der Waals surface area contributed by atoms with E-state index in [2.05, 4.69) is 13.8 Å². The van der Waals surface area contributed by atoms with Crippen LogP contribution in [-0.2, 0) is 8.85 Å². The molecule has 29 heavy (non-hydrogen) atoms. The molecule has 0 fully saturated rings. The van der Waals surface area contributed by atoms with Gasteiger partial charge in [0.1, 0.15) is 0 Å². The molecule has 0 heterocycles. The van der Waals surface area contributed by atoms with Gasteiger partial charge in [0.2, 0.25) is 0 Å². The topological polar surface area (TPSA) is 18.5 Å². The summed E-state index contributed by atoms with van der Waals surface area (Å²) in [6.45, 7) is 5.80. The molecular weight excluding hydrogens is 419 g/mol. The van der Waals surface area contributed by atoms with Crippen molar-refractivity contribution in [1.29, 1.82) is 0 Å². The third-order valence-corrected chi connectivity index (χ3v) is 7.93. The third kappa shape index (κ3) is 24.9. The Morgan fingerprint density at radius 2 is 0.655 bits per heavy atom. The van der Waals surface area contributed by atoms with Crippen LogP contribution < -0.4 is 0 Å². The van der Waals surface area contributed by atoms with Crippen molar-refractivity contribution in [2.75, 3.05) is 13.2 Å². The molecule has 5 heteroatoms. The highest BCUT2D eigenvalue weighted by molar-refractivity contribution is 7.39. The summed E-state index contributed by atoms with van der Waals surface area (Å²) in [5.41, 5.74) is 0. The maximum atomic E-state index is 6.24. The van der Waals surface area contributed by atoms with Crippen LogP contribution in [0.15, 0.2) is 0 Å². The molecule has 0 amide bonds. The van der Waals surface area contributed by atoms with Crippen molar-refractivity contribution < 1.29 is 8.85 Å². The fourth-order valence-electron chi connectivity index (χ4n) is 3.60. The van der Waals surface area contributed by atoms with Crippen molar-refractivity contribution >= 4 is 29.3 Å². The van der Waals surface area contributed by atoms with E-state index in [0.717, 1.165) is 12.8 Å². The first kappa shape index (κ1) is 29.7. The fraction of sp³-hybridized carbons (Fsp3) is 1.00. The van der Waals surface area contributed by atoms with Crippen LogP contribution in [0.2, 0.25) is 0 Å². The molecule has 0 rings (SSSR count). The zero-order valence-corrected chi connectivity index (χ0v) is 22.1. The molecule has 0 saturated heterocycles. The van der Waals surface area contributed by atoms with Crippen molar-refractivity contribution in [3.05, 3.63) is 0 Å². The summed E-state index contributed by atoms with van der Waals surface area (Å²) in [6.07, 6.45) is 26.3. The van der Waals surface area contributed by atoms with Crippen molar-refractivity contribution in [2.45, 2.75) is 142 Å². The van der Waals surface area contributed by atoms with Crippen molar-refractivity contribution in [1.82, 2.24) is 0 Å². The minimum atomic E-state index is -2.95. The van der Waals surface area contributed by atoms with Gasteiger partial charge in [-0.05, 0) is 12.8 Å². The van der Waals surface area contributed by atoms with Crippen molar-refractivity contribution in [2.24, 2.45) is 0 Å². The Morgan fingerprint density at radius 3 is 0.931 bits per heavy atom. The van der Waals surface area contributed by atoms with Gasteiger partial charge < -0.3 is 8.85 Å². The monoisotopic (exact) mass is 468 g/mol. The molecule has 0 saturated carbocycles. The van der Waals surface area contributed by atoms with E-state index >= 15 is 0 Å². The lowest BCUT2D eigenvalue weighted by atomic mass is 10.1. The van der Waals surface area contributed by atoms with Gasteiger partial charge in [0, 0.05) is 13.2 Å². The van der Waals surface area contributed by atoms with Crippen LogP contribution >= 0.6 is 22.2 Å². The summed E-state index contributed by atoms with van der Waals surface area (Å²) in [6, 6.07) is 0. The van der Waals surface area contributed by atoms with Crippen LogP contribution in [0.25, 0.3) is 0 Å². The maximum Gasteiger partial charge on any atom is 0.551 e. The predicted molar refractivity (Wildman–Crippen MR) is 133 cm³/mol. The van der Waals surface area contributed by atoms with Gasteiger partial charge in [-0.15, -0.1) is 0 Å². The number of hydrogen-bond donors (Lipinski definition) is 0. The highest BCUT2D eigenvalue weighted by Gasteiger charge is 2.33. The average Bonchev–Trinajstić information content (AvgIpc) is 2.70. The number of rotatable bonds is 24. The van der Waals surface area contributed by atoms with Crippen LogP contribution in [-0.4, -0.2) is 20.4 Å². The van der Waals surface area contributed by atoms with Crippen molar-refractivity contribution in [3.63, 3.8) is 0 Å². The Balaban J connectivity index is 3.30. The molecule has 0 aliphatic heterocycles. The van der Waals surface area contributed by atoms with Gasteiger partial charge in [-0.3, -0.25) is 0 Å². The predicted octanol–water partition coefficient (Wildman–Crippen LogP) is 9.77. The molecule has 0 spiro atoms. The molecule has 0 N–H and O–H groups in total. The van der Waals surface area contributed by atoms with Crippen LogP contribution in [0.4, 0.5) is 0 Å². The molecule has 0 unspecified atom stereocenters. The molecule has 0 aromatic carbocycles. The van der Waals surface area contributed by atoms with E-state index in [0.29, 0.717) is 13.2 Å². The number of hydrogen-bond acceptors (Lipinski definition) is 2. The smallest absolute Gasteiger partial charge is 0.372 e. The van der Waals surface area contributed by atoms with E-state index in [4.69, 9.17) is 31.0 Å². The minimum absolute atomic E-state index is 0.633. The summed E-state index contributed by atoms with van der Waals surface area (Å²) in [7, 11) is -2.95. The van der Waals surface area contributed by atoms with E-state index in [1.165, 1.54) is 116 Å². The molecule has 0 aliphatic rings. The third-order valence-electron chi connectivity index (χ3n) is 5.54. The molecule has 2 nitrogen and oxygen atoms in total. The molecular formula is C24H50Cl2O2Si. The van der Waals surface area contributed by atoms with Gasteiger partial charge in [0.05, 0.1) is 0 Å². The summed E-state index contributed by atoms with van der Waals surface area (Å²) in [4.78, 5) is 0. The Bertz CT molecular complexity index is 289. The van der Waals surface area contributed by atoms with E-state index in [9.17, 15) is 0 Å². The molecule has 176 valence electrons. The Hall–Kier alpha value is 0.717. The van der Waals surface area contributed by atoms with E-state index in [1.807, 2.05) is 0 Å². The van der Waals surface area contributed by atoms with Crippen LogP contribution in [0.1, 0.15) is 142 Å². The highest BCUT2D eigenvalue weighted by Crippen LogP contribution is 2.20. The van der Waals surface area contributed by atoms with Gasteiger partial charge in [-0.25, -0.2) is 0 Å². The first-order valence-electron chi connectivity index (χ1n) is 12.8. The fourth-order valence-corrected chi connectivity index (χ4v) is 5.38. The summed E-state index contributed by atoms with van der Waals surface area (Å²) in [5.74, 6) is 0. The standard InChI is InChI=1S/C24H50Cl2O2Si/c1-3-5-7-9-11-13-15-17-19-21-23-27-29(25,26)28-24-22-20-18-16-14-12-10-8-6-4-2/h3-24H2,1-2H3.